The van der Waals surface area contributed by atoms with E-state index in [1.165, 1.54) is 0 Å². The molecule has 1 saturated carbocycles. The molecule has 0 atom stereocenters. The molecule has 1 amide bonds. The van der Waals surface area contributed by atoms with Crippen molar-refractivity contribution in [2.45, 2.75) is 33.1 Å². The monoisotopic (exact) mass is 401 g/mol. The Morgan fingerprint density at radius 2 is 1.86 bits per heavy atom. The van der Waals surface area contributed by atoms with Crippen molar-refractivity contribution in [1.29, 1.82) is 0 Å². The van der Waals surface area contributed by atoms with E-state index in [1.54, 1.807) is 0 Å². The lowest BCUT2D eigenvalue weighted by molar-refractivity contribution is -0.117. The predicted molar refractivity (Wildman–Crippen MR) is 113 cm³/mol. The second-order valence-corrected chi connectivity index (χ2v) is 6.99. The second kappa shape index (κ2) is 10.9. The van der Waals surface area contributed by atoms with Crippen LogP contribution in [0.4, 0.5) is 11.7 Å². The number of carbonyl (C=O) groups excluding carboxylic acids is 1. The highest BCUT2D eigenvalue weighted by molar-refractivity contribution is 5.94. The maximum absolute atomic E-state index is 11.8. The molecule has 0 radical (unpaired) electrons. The third kappa shape index (κ3) is 6.54. The lowest BCUT2D eigenvalue weighted by Crippen LogP contribution is -2.37. The van der Waals surface area contributed by atoms with Crippen LogP contribution in [0.1, 0.15) is 33.1 Å². The van der Waals surface area contributed by atoms with Gasteiger partial charge in [0.25, 0.3) is 0 Å². The van der Waals surface area contributed by atoms with Gasteiger partial charge in [-0.1, -0.05) is 18.9 Å². The zero-order valence-electron chi connectivity index (χ0n) is 17.3. The number of hydrogen-bond donors (Lipinski definition) is 2. The Morgan fingerprint density at radius 1 is 1.14 bits per heavy atom. The number of hydrogen-bond acceptors (Lipinski definition) is 7. The summed E-state index contributed by atoms with van der Waals surface area (Å²) < 4.78 is 11.0. The Kier molecular flexibility index (Phi) is 8.01. The van der Waals surface area contributed by atoms with E-state index in [0.29, 0.717) is 11.9 Å². The minimum Gasteiger partial charge on any atom is -0.403 e. The van der Waals surface area contributed by atoms with Crippen LogP contribution in [0.3, 0.4) is 0 Å². The molecule has 0 unspecified atom stereocenters. The fraction of sp³-hybridized carbons (Fsp3) is 0.571. The van der Waals surface area contributed by atoms with Crippen LogP contribution in [0, 0.1) is 5.92 Å². The molecule has 158 valence electrons. The van der Waals surface area contributed by atoms with Crippen molar-refractivity contribution in [2.24, 2.45) is 5.92 Å². The fourth-order valence-electron chi connectivity index (χ4n) is 3.02. The number of nitrogens with one attached hydrogen (secondary N) is 2. The van der Waals surface area contributed by atoms with Gasteiger partial charge in [0, 0.05) is 36.8 Å². The molecule has 1 saturated heterocycles. The summed E-state index contributed by atoms with van der Waals surface area (Å²) >= 11 is 0. The molecule has 2 aliphatic rings. The molecule has 2 heterocycles. The van der Waals surface area contributed by atoms with Gasteiger partial charge in [0.2, 0.25) is 11.8 Å². The third-order valence-corrected chi connectivity index (χ3v) is 4.80. The predicted octanol–water partition coefficient (Wildman–Crippen LogP) is 3.25. The topological polar surface area (TPSA) is 92.5 Å². The average molecular weight is 402 g/mol. The van der Waals surface area contributed by atoms with Crippen LogP contribution in [0.25, 0.3) is 11.5 Å². The molecular formula is C21H31N5O3. The van der Waals surface area contributed by atoms with E-state index < -0.39 is 0 Å². The van der Waals surface area contributed by atoms with Crippen molar-refractivity contribution in [3.8, 4) is 11.5 Å². The zero-order chi connectivity index (χ0) is 20.5. The summed E-state index contributed by atoms with van der Waals surface area (Å²) in [6.07, 6.45) is 3.00. The van der Waals surface area contributed by atoms with Crippen molar-refractivity contribution >= 4 is 17.6 Å². The van der Waals surface area contributed by atoms with E-state index in [-0.39, 0.29) is 11.8 Å². The van der Waals surface area contributed by atoms with E-state index in [0.717, 1.165) is 69.9 Å². The number of aromatic nitrogens is 2. The molecule has 1 aromatic carbocycles. The number of amides is 1. The van der Waals surface area contributed by atoms with Crippen LogP contribution in [-0.4, -0.2) is 60.4 Å². The first kappa shape index (κ1) is 21.3. The van der Waals surface area contributed by atoms with Gasteiger partial charge in [0.1, 0.15) is 0 Å². The Bertz CT molecular complexity index is 752. The van der Waals surface area contributed by atoms with Gasteiger partial charge in [0.15, 0.2) is 0 Å². The van der Waals surface area contributed by atoms with E-state index in [9.17, 15) is 4.79 Å². The highest BCUT2D eigenvalue weighted by Crippen LogP contribution is 2.30. The van der Waals surface area contributed by atoms with Gasteiger partial charge < -0.3 is 19.8 Å². The molecule has 8 heteroatoms. The molecule has 1 aliphatic carbocycles. The summed E-state index contributed by atoms with van der Waals surface area (Å²) in [4.78, 5) is 14.2. The summed E-state index contributed by atoms with van der Waals surface area (Å²) in [6, 6.07) is 7.89. The van der Waals surface area contributed by atoms with Gasteiger partial charge >= 0.3 is 6.01 Å². The molecule has 2 aromatic rings. The Balaban J connectivity index is 0.00000117. The SMILES string of the molecule is CC.O=C(Nc1ccc(-c2nnc(NCCCN3CCOCC3)o2)cc1)C1CC1. The number of ether oxygens (including phenoxy) is 1. The molecule has 1 aromatic heterocycles. The molecule has 2 N–H and O–H groups in total. The van der Waals surface area contributed by atoms with Gasteiger partial charge in [-0.3, -0.25) is 9.69 Å². The summed E-state index contributed by atoms with van der Waals surface area (Å²) in [5, 5.41) is 14.2. The zero-order valence-corrected chi connectivity index (χ0v) is 17.3. The van der Waals surface area contributed by atoms with Crippen LogP contribution >= 0.6 is 0 Å². The highest BCUT2D eigenvalue weighted by atomic mass is 16.5. The van der Waals surface area contributed by atoms with Crippen LogP contribution in [0.2, 0.25) is 0 Å². The standard InChI is InChI=1S/C19H25N5O3.C2H6/c25-17(14-2-3-14)21-16-6-4-15(5-7-16)18-22-23-19(27-18)20-8-1-9-24-10-12-26-13-11-24;1-2/h4-7,14H,1-3,8-13H2,(H,20,23)(H,21,25);1-2H3. The Labute approximate surface area is 172 Å². The van der Waals surface area contributed by atoms with Gasteiger partial charge in [0.05, 0.1) is 13.2 Å². The summed E-state index contributed by atoms with van der Waals surface area (Å²) in [5.74, 6) is 0.757. The molecule has 4 rings (SSSR count). The normalized spacial score (nSPS) is 16.6. The third-order valence-electron chi connectivity index (χ3n) is 4.80. The first-order valence-electron chi connectivity index (χ1n) is 10.6. The number of benzene rings is 1. The molecule has 1 aliphatic heterocycles. The molecule has 0 bridgehead atoms. The fourth-order valence-corrected chi connectivity index (χ4v) is 3.02. The number of anilines is 2. The molecule has 8 nitrogen and oxygen atoms in total. The van der Waals surface area contributed by atoms with E-state index >= 15 is 0 Å². The van der Waals surface area contributed by atoms with Crippen LogP contribution < -0.4 is 10.6 Å². The molecular weight excluding hydrogens is 370 g/mol. The summed E-state index contributed by atoms with van der Waals surface area (Å²) in [6.45, 7) is 9.47. The number of rotatable bonds is 8. The lowest BCUT2D eigenvalue weighted by atomic mass is 10.2. The first-order valence-corrected chi connectivity index (χ1v) is 10.6. The summed E-state index contributed by atoms with van der Waals surface area (Å²) in [7, 11) is 0. The Morgan fingerprint density at radius 3 is 2.55 bits per heavy atom. The minimum atomic E-state index is 0.101. The highest BCUT2D eigenvalue weighted by Gasteiger charge is 2.29. The van der Waals surface area contributed by atoms with Gasteiger partial charge in [-0.05, 0) is 50.1 Å². The van der Waals surface area contributed by atoms with E-state index in [4.69, 9.17) is 9.15 Å². The van der Waals surface area contributed by atoms with Crippen LogP contribution in [-0.2, 0) is 9.53 Å². The van der Waals surface area contributed by atoms with E-state index in [2.05, 4.69) is 25.7 Å². The number of carbonyl (C=O) groups is 1. The van der Waals surface area contributed by atoms with Crippen molar-refractivity contribution in [3.05, 3.63) is 24.3 Å². The number of morpholine rings is 1. The minimum absolute atomic E-state index is 0.101. The average Bonchev–Trinajstić information content (AvgIpc) is 3.53. The second-order valence-electron chi connectivity index (χ2n) is 6.99. The van der Waals surface area contributed by atoms with Crippen molar-refractivity contribution in [3.63, 3.8) is 0 Å². The Hall–Kier alpha value is -2.45. The van der Waals surface area contributed by atoms with Crippen LogP contribution in [0.5, 0.6) is 0 Å². The van der Waals surface area contributed by atoms with Crippen molar-refractivity contribution in [1.82, 2.24) is 15.1 Å². The van der Waals surface area contributed by atoms with Gasteiger partial charge in [-0.2, -0.15) is 0 Å². The van der Waals surface area contributed by atoms with Crippen molar-refractivity contribution < 1.29 is 13.9 Å². The molecule has 0 spiro atoms. The first-order chi connectivity index (χ1) is 14.3. The van der Waals surface area contributed by atoms with E-state index in [1.807, 2.05) is 38.1 Å². The quantitative estimate of drug-likeness (QED) is 0.656. The smallest absolute Gasteiger partial charge is 0.315 e. The summed E-state index contributed by atoms with van der Waals surface area (Å²) in [5.41, 5.74) is 1.62. The van der Waals surface area contributed by atoms with Crippen LogP contribution in [0.15, 0.2) is 28.7 Å². The largest absolute Gasteiger partial charge is 0.403 e. The molecule has 29 heavy (non-hydrogen) atoms. The van der Waals surface area contributed by atoms with Gasteiger partial charge in [-0.25, -0.2) is 0 Å². The maximum Gasteiger partial charge on any atom is 0.315 e. The van der Waals surface area contributed by atoms with Crippen molar-refractivity contribution in [2.75, 3.05) is 50.0 Å². The maximum atomic E-state index is 11.8. The lowest BCUT2D eigenvalue weighted by Gasteiger charge is -2.26. The van der Waals surface area contributed by atoms with Gasteiger partial charge in [-0.15, -0.1) is 5.10 Å². The molecule has 2 fully saturated rings. The number of nitrogens with zero attached hydrogens (tertiary/aromatic N) is 3.